The van der Waals surface area contributed by atoms with Crippen molar-refractivity contribution in [3.05, 3.63) is 30.1 Å². The van der Waals surface area contributed by atoms with Gasteiger partial charge < -0.3 is 10.6 Å². The number of hydrogen-bond donors (Lipinski definition) is 2. The van der Waals surface area contributed by atoms with Crippen molar-refractivity contribution >= 4 is 30.7 Å². The van der Waals surface area contributed by atoms with E-state index < -0.39 is 0 Å². The highest BCUT2D eigenvalue weighted by atomic mass is 35.5. The van der Waals surface area contributed by atoms with E-state index in [9.17, 15) is 4.79 Å². The van der Waals surface area contributed by atoms with Gasteiger partial charge >= 0.3 is 0 Å². The molecule has 1 atom stereocenters. The van der Waals surface area contributed by atoms with Gasteiger partial charge in [0, 0.05) is 31.7 Å². The molecule has 1 fully saturated rings. The Kier molecular flexibility index (Phi) is 7.87. The summed E-state index contributed by atoms with van der Waals surface area (Å²) < 4.78 is 0. The van der Waals surface area contributed by atoms with Crippen molar-refractivity contribution in [3.8, 4) is 0 Å². The smallest absolute Gasteiger partial charge is 0.220 e. The van der Waals surface area contributed by atoms with Gasteiger partial charge in [-0.2, -0.15) is 0 Å². The zero-order valence-corrected chi connectivity index (χ0v) is 11.0. The first-order valence-corrected chi connectivity index (χ1v) is 5.24. The minimum absolute atomic E-state index is 0. The van der Waals surface area contributed by atoms with E-state index in [-0.39, 0.29) is 30.7 Å². The SMILES string of the molecule is Cl.Cl.O=C1CC[C@H](CNCc2ccccn2)N1. The average molecular weight is 278 g/mol. The van der Waals surface area contributed by atoms with Crippen LogP contribution in [-0.4, -0.2) is 23.5 Å². The van der Waals surface area contributed by atoms with Crippen LogP contribution in [0.2, 0.25) is 0 Å². The average Bonchev–Trinajstić information content (AvgIpc) is 2.66. The normalized spacial score (nSPS) is 17.9. The molecule has 0 saturated carbocycles. The van der Waals surface area contributed by atoms with Crippen molar-refractivity contribution in [2.24, 2.45) is 0 Å². The topological polar surface area (TPSA) is 54.0 Å². The van der Waals surface area contributed by atoms with E-state index in [0.29, 0.717) is 12.5 Å². The van der Waals surface area contributed by atoms with Crippen molar-refractivity contribution in [3.63, 3.8) is 0 Å². The highest BCUT2D eigenvalue weighted by Crippen LogP contribution is 2.05. The standard InChI is InChI=1S/C11H15N3O.2ClH/c15-11-5-4-10(14-11)8-12-7-9-3-1-2-6-13-9;;/h1-3,6,10,12H,4-5,7-8H2,(H,14,15);2*1H/t10-;;/m1../s1. The minimum atomic E-state index is 0. The maximum atomic E-state index is 10.9. The largest absolute Gasteiger partial charge is 0.352 e. The summed E-state index contributed by atoms with van der Waals surface area (Å²) in [7, 11) is 0. The lowest BCUT2D eigenvalue weighted by Gasteiger charge is -2.10. The van der Waals surface area contributed by atoms with Crippen LogP contribution >= 0.6 is 24.8 Å². The van der Waals surface area contributed by atoms with Gasteiger partial charge in [-0.25, -0.2) is 0 Å². The molecule has 0 bridgehead atoms. The Balaban J connectivity index is 0.00000128. The number of hydrogen-bond acceptors (Lipinski definition) is 3. The fraction of sp³-hybridized carbons (Fsp3) is 0.455. The second-order valence-electron chi connectivity index (χ2n) is 3.76. The first-order valence-electron chi connectivity index (χ1n) is 5.24. The van der Waals surface area contributed by atoms with Gasteiger partial charge in [-0.05, 0) is 18.6 Å². The second-order valence-corrected chi connectivity index (χ2v) is 3.76. The van der Waals surface area contributed by atoms with Gasteiger partial charge in [-0.3, -0.25) is 9.78 Å². The number of carbonyl (C=O) groups excluding carboxylic acids is 1. The summed E-state index contributed by atoms with van der Waals surface area (Å²) in [4.78, 5) is 15.1. The quantitative estimate of drug-likeness (QED) is 0.872. The number of nitrogens with one attached hydrogen (secondary N) is 2. The number of rotatable bonds is 4. The fourth-order valence-corrected chi connectivity index (χ4v) is 1.71. The number of halogens is 2. The van der Waals surface area contributed by atoms with Crippen LogP contribution in [0.15, 0.2) is 24.4 Å². The Bertz CT molecular complexity index is 335. The molecule has 0 aromatic carbocycles. The summed E-state index contributed by atoms with van der Waals surface area (Å²) in [5.41, 5.74) is 1.03. The molecule has 96 valence electrons. The van der Waals surface area contributed by atoms with Crippen LogP contribution in [0.25, 0.3) is 0 Å². The van der Waals surface area contributed by atoms with Crippen LogP contribution in [0.1, 0.15) is 18.5 Å². The van der Waals surface area contributed by atoms with Gasteiger partial charge in [0.25, 0.3) is 0 Å². The zero-order chi connectivity index (χ0) is 10.5. The van der Waals surface area contributed by atoms with E-state index in [4.69, 9.17) is 0 Å². The van der Waals surface area contributed by atoms with Gasteiger partial charge in [0.15, 0.2) is 0 Å². The molecular formula is C11H17Cl2N3O. The molecular weight excluding hydrogens is 261 g/mol. The Morgan fingerprint density at radius 2 is 2.24 bits per heavy atom. The molecule has 2 N–H and O–H groups in total. The van der Waals surface area contributed by atoms with E-state index in [2.05, 4.69) is 15.6 Å². The van der Waals surface area contributed by atoms with Gasteiger partial charge in [0.1, 0.15) is 0 Å². The minimum Gasteiger partial charge on any atom is -0.352 e. The molecule has 1 aromatic heterocycles. The Hall–Kier alpha value is -0.840. The Labute approximate surface area is 113 Å². The van der Waals surface area contributed by atoms with Crippen LogP contribution in [0.5, 0.6) is 0 Å². The summed E-state index contributed by atoms with van der Waals surface area (Å²) >= 11 is 0. The van der Waals surface area contributed by atoms with Crippen molar-refractivity contribution in [1.82, 2.24) is 15.6 Å². The molecule has 1 saturated heterocycles. The lowest BCUT2D eigenvalue weighted by atomic mass is 10.2. The molecule has 2 rings (SSSR count). The molecule has 4 nitrogen and oxygen atoms in total. The Morgan fingerprint density at radius 1 is 1.41 bits per heavy atom. The molecule has 1 aliphatic heterocycles. The summed E-state index contributed by atoms with van der Waals surface area (Å²) in [6.07, 6.45) is 3.39. The summed E-state index contributed by atoms with van der Waals surface area (Å²) in [5.74, 6) is 0.166. The first-order chi connectivity index (χ1) is 7.34. The fourth-order valence-electron chi connectivity index (χ4n) is 1.71. The molecule has 0 unspecified atom stereocenters. The van der Waals surface area contributed by atoms with E-state index >= 15 is 0 Å². The van der Waals surface area contributed by atoms with E-state index in [1.54, 1.807) is 6.20 Å². The highest BCUT2D eigenvalue weighted by Gasteiger charge is 2.19. The third kappa shape index (κ3) is 5.35. The number of aromatic nitrogens is 1. The van der Waals surface area contributed by atoms with Gasteiger partial charge in [0.05, 0.1) is 5.69 Å². The van der Waals surface area contributed by atoms with E-state index in [1.165, 1.54) is 0 Å². The molecule has 1 aliphatic rings. The zero-order valence-electron chi connectivity index (χ0n) is 9.39. The lowest BCUT2D eigenvalue weighted by molar-refractivity contribution is -0.119. The van der Waals surface area contributed by atoms with Gasteiger partial charge in [0.2, 0.25) is 5.91 Å². The van der Waals surface area contributed by atoms with Crippen molar-refractivity contribution < 1.29 is 4.79 Å². The molecule has 0 radical (unpaired) electrons. The predicted molar refractivity (Wildman–Crippen MR) is 71.6 cm³/mol. The van der Waals surface area contributed by atoms with Crippen LogP contribution in [0.3, 0.4) is 0 Å². The molecule has 1 aromatic rings. The van der Waals surface area contributed by atoms with Crippen LogP contribution in [0, 0.1) is 0 Å². The van der Waals surface area contributed by atoms with E-state index in [1.807, 2.05) is 18.2 Å². The van der Waals surface area contributed by atoms with Crippen LogP contribution in [-0.2, 0) is 11.3 Å². The first kappa shape index (κ1) is 16.2. The molecule has 1 amide bonds. The van der Waals surface area contributed by atoms with Gasteiger partial charge in [-0.1, -0.05) is 6.07 Å². The number of pyridine rings is 1. The van der Waals surface area contributed by atoms with Crippen LogP contribution < -0.4 is 10.6 Å². The Morgan fingerprint density at radius 3 is 2.82 bits per heavy atom. The third-order valence-electron chi connectivity index (χ3n) is 2.51. The molecule has 2 heterocycles. The lowest BCUT2D eigenvalue weighted by Crippen LogP contribution is -2.35. The summed E-state index contributed by atoms with van der Waals surface area (Å²) in [6.45, 7) is 1.58. The predicted octanol–water partition coefficient (Wildman–Crippen LogP) is 1.29. The van der Waals surface area contributed by atoms with Crippen LogP contribution in [0.4, 0.5) is 0 Å². The number of amides is 1. The molecule has 0 spiro atoms. The van der Waals surface area contributed by atoms with Crippen molar-refractivity contribution in [2.45, 2.75) is 25.4 Å². The maximum absolute atomic E-state index is 10.9. The second kappa shape index (κ2) is 8.28. The maximum Gasteiger partial charge on any atom is 0.220 e. The molecule has 17 heavy (non-hydrogen) atoms. The van der Waals surface area contributed by atoms with Crippen molar-refractivity contribution in [1.29, 1.82) is 0 Å². The molecule has 0 aliphatic carbocycles. The highest BCUT2D eigenvalue weighted by molar-refractivity contribution is 5.85. The molecule has 6 heteroatoms. The van der Waals surface area contributed by atoms with Gasteiger partial charge in [-0.15, -0.1) is 24.8 Å². The van der Waals surface area contributed by atoms with E-state index in [0.717, 1.165) is 25.2 Å². The number of carbonyl (C=O) groups is 1. The summed E-state index contributed by atoms with van der Waals surface area (Å²) in [6, 6.07) is 6.16. The van der Waals surface area contributed by atoms with Crippen molar-refractivity contribution in [2.75, 3.05) is 6.54 Å². The number of nitrogens with zero attached hydrogens (tertiary/aromatic N) is 1. The monoisotopic (exact) mass is 277 g/mol. The summed E-state index contributed by atoms with van der Waals surface area (Å²) in [5, 5.41) is 6.21. The third-order valence-corrected chi connectivity index (χ3v) is 2.51.